The van der Waals surface area contributed by atoms with Gasteiger partial charge in [-0.25, -0.2) is 8.78 Å². The van der Waals surface area contributed by atoms with E-state index in [0.717, 1.165) is 44.3 Å². The molecule has 2 nitrogen and oxygen atoms in total. The molecule has 0 rings (SSSR count). The van der Waals surface area contributed by atoms with Crippen LogP contribution in [0.3, 0.4) is 0 Å². The molecule has 0 spiro atoms. The fraction of sp³-hybridized carbons (Fsp3) is 0.933. The number of hydrogen-bond donors (Lipinski definition) is 0. The molecular weight excluding hydrogens is 282 g/mol. The number of halogens is 2. The third kappa shape index (κ3) is 11.5. The summed E-state index contributed by atoms with van der Waals surface area (Å²) >= 11 is 1.65. The summed E-state index contributed by atoms with van der Waals surface area (Å²) in [6.07, 6.45) is 4.20. The van der Waals surface area contributed by atoms with Crippen molar-refractivity contribution in [3.63, 3.8) is 0 Å². The minimum atomic E-state index is -2.17. The Bertz CT molecular complexity index is 238. The van der Waals surface area contributed by atoms with Gasteiger partial charge in [-0.2, -0.15) is 0 Å². The molecule has 0 aliphatic rings. The second kappa shape index (κ2) is 13.7. The first-order valence-electron chi connectivity index (χ1n) is 7.68. The largest absolute Gasteiger partial charge is 0.465 e. The van der Waals surface area contributed by atoms with Crippen molar-refractivity contribution in [1.29, 1.82) is 0 Å². The quantitative estimate of drug-likeness (QED) is 0.351. The van der Waals surface area contributed by atoms with Crippen molar-refractivity contribution in [3.8, 4) is 0 Å². The van der Waals surface area contributed by atoms with Crippen LogP contribution in [-0.4, -0.2) is 30.0 Å². The third-order valence-corrected chi connectivity index (χ3v) is 4.36. The molecule has 0 saturated carbocycles. The summed E-state index contributed by atoms with van der Waals surface area (Å²) in [5.74, 6) is 0.797. The van der Waals surface area contributed by atoms with E-state index < -0.39 is 6.43 Å². The number of rotatable bonds is 13. The van der Waals surface area contributed by atoms with Gasteiger partial charge in [0.25, 0.3) is 0 Å². The zero-order chi connectivity index (χ0) is 15.2. The molecule has 0 aliphatic carbocycles. The van der Waals surface area contributed by atoms with Gasteiger partial charge in [-0.1, -0.05) is 32.6 Å². The highest BCUT2D eigenvalue weighted by atomic mass is 32.2. The van der Waals surface area contributed by atoms with Crippen LogP contribution in [0, 0.1) is 0 Å². The molecular formula is C15H28F2O2S. The van der Waals surface area contributed by atoms with E-state index in [1.807, 2.05) is 6.92 Å². The van der Waals surface area contributed by atoms with E-state index in [2.05, 4.69) is 6.92 Å². The molecule has 0 saturated heterocycles. The topological polar surface area (TPSA) is 26.3 Å². The zero-order valence-corrected chi connectivity index (χ0v) is 13.5. The minimum absolute atomic E-state index is 0.00902. The monoisotopic (exact) mass is 310 g/mol. The molecule has 0 aliphatic heterocycles. The highest BCUT2D eigenvalue weighted by Crippen LogP contribution is 2.21. The van der Waals surface area contributed by atoms with Gasteiger partial charge >= 0.3 is 5.97 Å². The van der Waals surface area contributed by atoms with E-state index in [-0.39, 0.29) is 17.6 Å². The van der Waals surface area contributed by atoms with E-state index in [0.29, 0.717) is 13.0 Å². The predicted molar refractivity (Wildman–Crippen MR) is 81.5 cm³/mol. The number of carbonyl (C=O) groups excluding carboxylic acids is 1. The van der Waals surface area contributed by atoms with Crippen LogP contribution in [0.5, 0.6) is 0 Å². The van der Waals surface area contributed by atoms with Crippen molar-refractivity contribution < 1.29 is 18.3 Å². The van der Waals surface area contributed by atoms with E-state index in [1.54, 1.807) is 11.8 Å². The van der Waals surface area contributed by atoms with Crippen molar-refractivity contribution in [2.75, 3.05) is 12.4 Å². The summed E-state index contributed by atoms with van der Waals surface area (Å²) in [6.45, 7) is 4.36. The van der Waals surface area contributed by atoms with Crippen LogP contribution in [0.4, 0.5) is 8.78 Å². The van der Waals surface area contributed by atoms with Crippen molar-refractivity contribution in [1.82, 2.24) is 0 Å². The predicted octanol–water partition coefficient (Wildman–Crippen LogP) is 5.06. The summed E-state index contributed by atoms with van der Waals surface area (Å²) in [6, 6.07) is 0. The summed E-state index contributed by atoms with van der Waals surface area (Å²) < 4.78 is 29.0. The second-order valence-electron chi connectivity index (χ2n) is 4.85. The summed E-state index contributed by atoms with van der Waals surface area (Å²) in [4.78, 5) is 11.8. The van der Waals surface area contributed by atoms with Crippen molar-refractivity contribution in [2.24, 2.45) is 0 Å². The number of carbonyl (C=O) groups is 1. The van der Waals surface area contributed by atoms with Gasteiger partial charge in [0.05, 0.1) is 6.61 Å². The zero-order valence-electron chi connectivity index (χ0n) is 12.7. The Morgan fingerprint density at radius 3 is 2.35 bits per heavy atom. The van der Waals surface area contributed by atoms with Crippen LogP contribution >= 0.6 is 11.8 Å². The molecule has 0 bridgehead atoms. The summed E-state index contributed by atoms with van der Waals surface area (Å²) in [5.41, 5.74) is 0. The second-order valence-corrected chi connectivity index (χ2v) is 6.16. The first-order chi connectivity index (χ1) is 9.61. The first kappa shape index (κ1) is 19.7. The normalized spacial score (nSPS) is 12.7. The Hall–Kier alpha value is -0.320. The van der Waals surface area contributed by atoms with E-state index in [9.17, 15) is 13.6 Å². The average molecular weight is 310 g/mol. The van der Waals surface area contributed by atoms with Gasteiger partial charge in [-0.15, -0.1) is 11.8 Å². The minimum Gasteiger partial charge on any atom is -0.465 e. The number of esters is 1. The van der Waals surface area contributed by atoms with Crippen molar-refractivity contribution >= 4 is 17.7 Å². The van der Waals surface area contributed by atoms with Crippen LogP contribution in [0.15, 0.2) is 0 Å². The molecule has 0 aromatic heterocycles. The maximum Gasteiger partial charge on any atom is 0.319 e. The molecule has 0 aromatic carbocycles. The van der Waals surface area contributed by atoms with Gasteiger partial charge in [-0.05, 0) is 31.9 Å². The van der Waals surface area contributed by atoms with Crippen molar-refractivity contribution in [2.45, 2.75) is 76.9 Å². The maximum absolute atomic E-state index is 11.9. The highest BCUT2D eigenvalue weighted by molar-refractivity contribution is 8.00. The molecule has 0 amide bonds. The fourth-order valence-corrected chi connectivity index (χ4v) is 3.07. The molecule has 0 heterocycles. The van der Waals surface area contributed by atoms with Crippen LogP contribution in [0.25, 0.3) is 0 Å². The van der Waals surface area contributed by atoms with Gasteiger partial charge in [0, 0.05) is 6.42 Å². The van der Waals surface area contributed by atoms with Gasteiger partial charge in [0.1, 0.15) is 5.25 Å². The van der Waals surface area contributed by atoms with Crippen LogP contribution in [0.2, 0.25) is 0 Å². The lowest BCUT2D eigenvalue weighted by Gasteiger charge is -2.14. The SMILES string of the molecule is CCCCC(SCCCCCCC(F)F)C(=O)OCC. The third-order valence-electron chi connectivity index (χ3n) is 3.01. The molecule has 120 valence electrons. The lowest BCUT2D eigenvalue weighted by Crippen LogP contribution is -2.20. The molecule has 20 heavy (non-hydrogen) atoms. The van der Waals surface area contributed by atoms with Gasteiger partial charge in [-0.3, -0.25) is 4.79 Å². The molecule has 1 atom stereocenters. The van der Waals surface area contributed by atoms with E-state index in [4.69, 9.17) is 4.74 Å². The molecule has 0 radical (unpaired) electrons. The molecule has 1 unspecified atom stereocenters. The molecule has 5 heteroatoms. The summed E-state index contributed by atoms with van der Waals surface area (Å²) in [5, 5.41) is -0.0593. The Morgan fingerprint density at radius 2 is 1.75 bits per heavy atom. The molecule has 0 fully saturated rings. The Kier molecular flexibility index (Phi) is 13.4. The smallest absolute Gasteiger partial charge is 0.319 e. The standard InChI is InChI=1S/C15H28F2O2S/c1-3-5-10-13(15(18)19-4-2)20-12-9-7-6-8-11-14(16)17/h13-14H,3-12H2,1-2H3. The van der Waals surface area contributed by atoms with E-state index >= 15 is 0 Å². The number of thioether (sulfide) groups is 1. The Labute approximate surface area is 126 Å². The van der Waals surface area contributed by atoms with Crippen LogP contribution in [0.1, 0.15) is 65.2 Å². The average Bonchev–Trinajstić information content (AvgIpc) is 2.40. The fourth-order valence-electron chi connectivity index (χ4n) is 1.87. The van der Waals surface area contributed by atoms with Gasteiger partial charge < -0.3 is 4.74 Å². The number of unbranched alkanes of at least 4 members (excludes halogenated alkanes) is 4. The lowest BCUT2D eigenvalue weighted by molar-refractivity contribution is -0.142. The van der Waals surface area contributed by atoms with Gasteiger partial charge in [0.2, 0.25) is 6.43 Å². The maximum atomic E-state index is 11.9. The Balaban J connectivity index is 3.70. The van der Waals surface area contributed by atoms with Crippen LogP contribution in [-0.2, 0) is 9.53 Å². The molecule has 0 N–H and O–H groups in total. The number of alkyl halides is 2. The van der Waals surface area contributed by atoms with Gasteiger partial charge in [0.15, 0.2) is 0 Å². The highest BCUT2D eigenvalue weighted by Gasteiger charge is 2.19. The first-order valence-corrected chi connectivity index (χ1v) is 8.73. The van der Waals surface area contributed by atoms with Crippen LogP contribution < -0.4 is 0 Å². The summed E-state index contributed by atoms with van der Waals surface area (Å²) in [7, 11) is 0. The molecule has 0 aromatic rings. The number of ether oxygens (including phenoxy) is 1. The van der Waals surface area contributed by atoms with E-state index in [1.165, 1.54) is 0 Å². The number of hydrogen-bond acceptors (Lipinski definition) is 3. The van der Waals surface area contributed by atoms with Crippen molar-refractivity contribution in [3.05, 3.63) is 0 Å². The lowest BCUT2D eigenvalue weighted by atomic mass is 10.2. The Morgan fingerprint density at radius 1 is 1.05 bits per heavy atom.